The van der Waals surface area contributed by atoms with E-state index in [4.69, 9.17) is 8.83 Å². The van der Waals surface area contributed by atoms with Crippen molar-refractivity contribution in [2.24, 2.45) is 0 Å². The van der Waals surface area contributed by atoms with E-state index < -0.39 is 0 Å². The summed E-state index contributed by atoms with van der Waals surface area (Å²) in [4.78, 5) is 0.783. The molecule has 0 aromatic carbocycles. The minimum absolute atomic E-state index is 0.354. The quantitative estimate of drug-likeness (QED) is 0.676. The number of nitrogens with zero attached hydrogens (tertiary/aromatic N) is 4. The van der Waals surface area contributed by atoms with Crippen LogP contribution in [0.1, 0.15) is 5.69 Å². The number of aryl methyl sites for hydroxylation is 1. The monoisotopic (exact) mass is 234 g/mol. The zero-order valence-electron chi connectivity index (χ0n) is 8.25. The zero-order valence-corrected chi connectivity index (χ0v) is 9.06. The molecule has 0 fully saturated rings. The van der Waals surface area contributed by atoms with Gasteiger partial charge in [-0.3, -0.25) is 0 Å². The molecule has 6 nitrogen and oxygen atoms in total. The fourth-order valence-electron chi connectivity index (χ4n) is 1.24. The lowest BCUT2D eigenvalue weighted by molar-refractivity contribution is 0.523. The molecule has 80 valence electrons. The zero-order chi connectivity index (χ0) is 11.0. The highest BCUT2D eigenvalue weighted by Gasteiger charge is 2.16. The molecule has 0 N–H and O–H groups in total. The molecule has 0 aliphatic heterocycles. The second-order valence-corrected chi connectivity index (χ2v) is 3.83. The summed E-state index contributed by atoms with van der Waals surface area (Å²) >= 11 is 1.23. The third kappa shape index (κ3) is 1.41. The summed E-state index contributed by atoms with van der Waals surface area (Å²) in [5.74, 6) is 1.32. The van der Waals surface area contributed by atoms with Gasteiger partial charge in [0.1, 0.15) is 4.88 Å². The van der Waals surface area contributed by atoms with E-state index in [0.717, 1.165) is 10.6 Å². The molecule has 0 saturated carbocycles. The molecule has 3 heterocycles. The van der Waals surface area contributed by atoms with Crippen LogP contribution in [0.3, 0.4) is 0 Å². The van der Waals surface area contributed by atoms with Gasteiger partial charge in [0.25, 0.3) is 11.8 Å². The molecule has 0 saturated heterocycles. The molecule has 0 spiro atoms. The smallest absolute Gasteiger partial charge is 0.283 e. The second-order valence-electron chi connectivity index (χ2n) is 3.08. The van der Waals surface area contributed by atoms with Crippen molar-refractivity contribution < 1.29 is 8.83 Å². The van der Waals surface area contributed by atoms with E-state index in [2.05, 4.69) is 19.8 Å². The van der Waals surface area contributed by atoms with Crippen molar-refractivity contribution in [2.75, 3.05) is 0 Å². The fraction of sp³-hybridized carbons (Fsp3) is 0.111. The molecule has 0 atom stereocenters. The van der Waals surface area contributed by atoms with Crippen molar-refractivity contribution in [3.8, 4) is 22.4 Å². The van der Waals surface area contributed by atoms with Gasteiger partial charge in [0.05, 0.1) is 12.0 Å². The standard InChI is InChI=1S/C9H6N4O2S/c1-5-7(16-13-10-5)9-12-11-8(15-9)6-3-2-4-14-6/h2-4H,1H3. The molecule has 0 bridgehead atoms. The van der Waals surface area contributed by atoms with Crippen molar-refractivity contribution in [3.63, 3.8) is 0 Å². The summed E-state index contributed by atoms with van der Waals surface area (Å²) in [6.07, 6.45) is 1.55. The van der Waals surface area contributed by atoms with Crippen molar-refractivity contribution in [1.29, 1.82) is 0 Å². The van der Waals surface area contributed by atoms with Gasteiger partial charge in [-0.05, 0) is 30.6 Å². The Bertz CT molecular complexity index is 599. The van der Waals surface area contributed by atoms with Gasteiger partial charge in [-0.2, -0.15) is 0 Å². The van der Waals surface area contributed by atoms with Gasteiger partial charge < -0.3 is 8.83 Å². The Morgan fingerprint density at radius 1 is 1.19 bits per heavy atom. The number of rotatable bonds is 2. The first-order valence-corrected chi connectivity index (χ1v) is 5.28. The Balaban J connectivity index is 2.03. The Kier molecular flexibility index (Phi) is 2.03. The highest BCUT2D eigenvalue weighted by molar-refractivity contribution is 7.09. The maximum atomic E-state index is 5.47. The Hall–Kier alpha value is -2.02. The van der Waals surface area contributed by atoms with E-state index in [-0.39, 0.29) is 0 Å². The lowest BCUT2D eigenvalue weighted by Gasteiger charge is -1.87. The van der Waals surface area contributed by atoms with Crippen LogP contribution in [0.25, 0.3) is 22.4 Å². The minimum Gasteiger partial charge on any atom is -0.459 e. The van der Waals surface area contributed by atoms with E-state index in [0.29, 0.717) is 17.5 Å². The van der Waals surface area contributed by atoms with Crippen LogP contribution in [0.15, 0.2) is 27.2 Å². The summed E-state index contributed by atoms with van der Waals surface area (Å²) in [6, 6.07) is 3.52. The largest absolute Gasteiger partial charge is 0.459 e. The first-order valence-electron chi connectivity index (χ1n) is 4.51. The van der Waals surface area contributed by atoms with Crippen molar-refractivity contribution >= 4 is 11.5 Å². The summed E-state index contributed by atoms with van der Waals surface area (Å²) < 4.78 is 14.4. The fourth-order valence-corrected chi connectivity index (χ4v) is 1.82. The maximum Gasteiger partial charge on any atom is 0.283 e. The molecule has 3 rings (SSSR count). The van der Waals surface area contributed by atoms with Gasteiger partial charge in [-0.15, -0.1) is 15.3 Å². The Labute approximate surface area is 94.1 Å². The SMILES string of the molecule is Cc1nnsc1-c1nnc(-c2ccco2)o1. The molecule has 0 aliphatic carbocycles. The van der Waals surface area contributed by atoms with Gasteiger partial charge >= 0.3 is 0 Å². The van der Waals surface area contributed by atoms with Crippen LogP contribution in [0.2, 0.25) is 0 Å². The van der Waals surface area contributed by atoms with Crippen LogP contribution in [0.5, 0.6) is 0 Å². The van der Waals surface area contributed by atoms with Crippen LogP contribution in [-0.2, 0) is 0 Å². The lowest BCUT2D eigenvalue weighted by Crippen LogP contribution is -1.77. The summed E-state index contributed by atoms with van der Waals surface area (Å²) in [6.45, 7) is 1.84. The van der Waals surface area contributed by atoms with Gasteiger partial charge in [-0.1, -0.05) is 4.49 Å². The average Bonchev–Trinajstić information content (AvgIpc) is 2.96. The van der Waals surface area contributed by atoms with Crippen molar-refractivity contribution in [1.82, 2.24) is 19.8 Å². The van der Waals surface area contributed by atoms with E-state index in [1.54, 1.807) is 18.4 Å². The molecule has 7 heteroatoms. The van der Waals surface area contributed by atoms with Crippen molar-refractivity contribution in [2.45, 2.75) is 6.92 Å². The summed E-state index contributed by atoms with van der Waals surface area (Å²) in [5, 5.41) is 11.7. The van der Waals surface area contributed by atoms with Crippen molar-refractivity contribution in [3.05, 3.63) is 24.1 Å². The summed E-state index contributed by atoms with van der Waals surface area (Å²) in [5.41, 5.74) is 0.777. The molecule has 0 aliphatic rings. The first-order chi connectivity index (χ1) is 7.84. The topological polar surface area (TPSA) is 77.8 Å². The molecule has 0 amide bonds. The maximum absolute atomic E-state index is 5.47. The molecule has 3 aromatic rings. The van der Waals surface area contributed by atoms with Crippen LogP contribution in [-0.4, -0.2) is 19.8 Å². The van der Waals surface area contributed by atoms with Gasteiger partial charge in [0, 0.05) is 0 Å². The van der Waals surface area contributed by atoms with Crippen LogP contribution in [0.4, 0.5) is 0 Å². The highest BCUT2D eigenvalue weighted by atomic mass is 32.1. The van der Waals surface area contributed by atoms with Gasteiger partial charge in [0.2, 0.25) is 0 Å². The first kappa shape index (κ1) is 9.22. The van der Waals surface area contributed by atoms with E-state index in [1.165, 1.54) is 11.5 Å². The second kappa shape index (κ2) is 3.53. The highest BCUT2D eigenvalue weighted by Crippen LogP contribution is 2.27. The third-order valence-electron chi connectivity index (χ3n) is 2.00. The van der Waals surface area contributed by atoms with E-state index >= 15 is 0 Å². The lowest BCUT2D eigenvalue weighted by atomic mass is 10.4. The molecular formula is C9H6N4O2S. The predicted molar refractivity (Wildman–Crippen MR) is 55.6 cm³/mol. The van der Waals surface area contributed by atoms with Crippen LogP contribution in [0, 0.1) is 6.92 Å². The molecule has 0 radical (unpaired) electrons. The predicted octanol–water partition coefficient (Wildman–Crippen LogP) is 2.16. The number of furan rings is 1. The van der Waals surface area contributed by atoms with Gasteiger partial charge in [-0.25, -0.2) is 0 Å². The Morgan fingerprint density at radius 2 is 2.06 bits per heavy atom. The third-order valence-corrected chi connectivity index (χ3v) is 2.82. The normalized spacial score (nSPS) is 10.8. The summed E-state index contributed by atoms with van der Waals surface area (Å²) in [7, 11) is 0. The number of aromatic nitrogens is 4. The molecule has 0 unspecified atom stereocenters. The number of hydrogen-bond acceptors (Lipinski definition) is 7. The van der Waals surface area contributed by atoms with Crippen LogP contribution < -0.4 is 0 Å². The minimum atomic E-state index is 0.354. The van der Waals surface area contributed by atoms with E-state index in [9.17, 15) is 0 Å². The molecule has 3 aromatic heterocycles. The molecule has 16 heavy (non-hydrogen) atoms. The average molecular weight is 234 g/mol. The number of hydrogen-bond donors (Lipinski definition) is 0. The molecular weight excluding hydrogens is 228 g/mol. The van der Waals surface area contributed by atoms with Gasteiger partial charge in [0.15, 0.2) is 5.76 Å². The van der Waals surface area contributed by atoms with E-state index in [1.807, 2.05) is 6.92 Å². The Morgan fingerprint density at radius 3 is 2.75 bits per heavy atom. The van der Waals surface area contributed by atoms with Crippen LogP contribution >= 0.6 is 11.5 Å².